The van der Waals surface area contributed by atoms with Gasteiger partial charge in [-0.25, -0.2) is 0 Å². The fraction of sp³-hybridized carbons (Fsp3) is 0.462. The molecule has 2 atom stereocenters. The molecule has 5 heteroatoms. The molecule has 0 radical (unpaired) electrons. The summed E-state index contributed by atoms with van der Waals surface area (Å²) in [5, 5.41) is 17.7. The number of aryl methyl sites for hydroxylation is 1. The van der Waals surface area contributed by atoms with E-state index in [0.717, 1.165) is 5.82 Å². The first kappa shape index (κ1) is 11.3. The van der Waals surface area contributed by atoms with Gasteiger partial charge in [0.25, 0.3) is 0 Å². The van der Waals surface area contributed by atoms with Crippen LogP contribution in [0, 0.1) is 0 Å². The van der Waals surface area contributed by atoms with Gasteiger partial charge in [0.15, 0.2) is 5.82 Å². The Balaban J connectivity index is 1.78. The molecule has 2 aromatic rings. The van der Waals surface area contributed by atoms with Crippen LogP contribution in [0.1, 0.15) is 48.8 Å². The van der Waals surface area contributed by atoms with Crippen LogP contribution in [-0.4, -0.2) is 20.6 Å². The van der Waals surface area contributed by atoms with Gasteiger partial charge in [0, 0.05) is 6.04 Å². The molecule has 0 saturated carbocycles. The second-order valence-electron chi connectivity index (χ2n) is 4.80. The zero-order chi connectivity index (χ0) is 12.4. The Morgan fingerprint density at radius 2 is 2.28 bits per heavy atom. The summed E-state index contributed by atoms with van der Waals surface area (Å²) >= 11 is 0. The smallest absolute Gasteiger partial charge is 0.191 e. The van der Waals surface area contributed by atoms with Crippen molar-refractivity contribution in [1.82, 2.24) is 25.9 Å². The Labute approximate surface area is 106 Å². The van der Waals surface area contributed by atoms with E-state index >= 15 is 0 Å². The Morgan fingerprint density at radius 3 is 3.11 bits per heavy atom. The number of nitrogens with one attached hydrogen (secondary N) is 2. The number of H-pyrrole nitrogens is 1. The maximum atomic E-state index is 4.03. The zero-order valence-corrected chi connectivity index (χ0v) is 10.4. The third-order valence-corrected chi connectivity index (χ3v) is 3.57. The monoisotopic (exact) mass is 243 g/mol. The number of hydrogen-bond acceptors (Lipinski definition) is 4. The highest BCUT2D eigenvalue weighted by atomic mass is 15.5. The van der Waals surface area contributed by atoms with E-state index in [1.165, 1.54) is 30.4 Å². The van der Waals surface area contributed by atoms with Gasteiger partial charge >= 0.3 is 0 Å². The SMILES string of the molecule is CC(NC1CCCc2ccccc21)c1nn[nH]n1. The number of aromatic amines is 1. The molecule has 0 bridgehead atoms. The number of nitrogens with zero attached hydrogens (tertiary/aromatic N) is 3. The summed E-state index contributed by atoms with van der Waals surface area (Å²) in [6.45, 7) is 2.07. The molecule has 2 unspecified atom stereocenters. The third kappa shape index (κ3) is 2.13. The predicted molar refractivity (Wildman–Crippen MR) is 67.8 cm³/mol. The molecular formula is C13H17N5. The number of aromatic nitrogens is 4. The molecule has 94 valence electrons. The topological polar surface area (TPSA) is 66.5 Å². The second kappa shape index (κ2) is 4.86. The highest BCUT2D eigenvalue weighted by molar-refractivity contribution is 5.32. The normalized spacial score (nSPS) is 20.4. The summed E-state index contributed by atoms with van der Waals surface area (Å²) in [7, 11) is 0. The molecule has 0 amide bonds. The van der Waals surface area contributed by atoms with E-state index in [1.807, 2.05) is 0 Å². The molecule has 1 aliphatic carbocycles. The molecule has 1 aliphatic rings. The van der Waals surface area contributed by atoms with Crippen molar-refractivity contribution in [3.63, 3.8) is 0 Å². The highest BCUT2D eigenvalue weighted by Gasteiger charge is 2.22. The Kier molecular flexibility index (Phi) is 3.06. The molecule has 1 heterocycles. The summed E-state index contributed by atoms with van der Waals surface area (Å²) < 4.78 is 0. The van der Waals surface area contributed by atoms with Crippen molar-refractivity contribution in [2.75, 3.05) is 0 Å². The van der Waals surface area contributed by atoms with Crippen LogP contribution in [0.2, 0.25) is 0 Å². The van der Waals surface area contributed by atoms with Gasteiger partial charge in [-0.2, -0.15) is 5.21 Å². The first-order chi connectivity index (χ1) is 8.84. The molecule has 1 aromatic carbocycles. The summed E-state index contributed by atoms with van der Waals surface area (Å²) in [6, 6.07) is 9.17. The van der Waals surface area contributed by atoms with Gasteiger partial charge in [0.1, 0.15) is 0 Å². The molecular weight excluding hydrogens is 226 g/mol. The van der Waals surface area contributed by atoms with E-state index in [0.29, 0.717) is 6.04 Å². The summed E-state index contributed by atoms with van der Waals surface area (Å²) in [4.78, 5) is 0. The molecule has 0 spiro atoms. The summed E-state index contributed by atoms with van der Waals surface area (Å²) in [5.41, 5.74) is 2.88. The molecule has 18 heavy (non-hydrogen) atoms. The maximum Gasteiger partial charge on any atom is 0.191 e. The van der Waals surface area contributed by atoms with Crippen LogP contribution < -0.4 is 5.32 Å². The quantitative estimate of drug-likeness (QED) is 0.864. The predicted octanol–water partition coefficient (Wildman–Crippen LogP) is 1.93. The van der Waals surface area contributed by atoms with Gasteiger partial charge in [-0.3, -0.25) is 0 Å². The van der Waals surface area contributed by atoms with E-state index in [-0.39, 0.29) is 6.04 Å². The number of fused-ring (bicyclic) bond motifs is 1. The average Bonchev–Trinajstić information content (AvgIpc) is 2.93. The van der Waals surface area contributed by atoms with Gasteiger partial charge in [-0.05, 0) is 37.3 Å². The van der Waals surface area contributed by atoms with Crippen molar-refractivity contribution < 1.29 is 0 Å². The van der Waals surface area contributed by atoms with Crippen LogP contribution in [0.3, 0.4) is 0 Å². The van der Waals surface area contributed by atoms with E-state index in [9.17, 15) is 0 Å². The first-order valence-electron chi connectivity index (χ1n) is 6.42. The van der Waals surface area contributed by atoms with Gasteiger partial charge in [0.05, 0.1) is 6.04 Å². The number of tetrazole rings is 1. The Morgan fingerprint density at radius 1 is 1.39 bits per heavy atom. The maximum absolute atomic E-state index is 4.03. The Bertz CT molecular complexity index is 508. The van der Waals surface area contributed by atoms with Crippen molar-refractivity contribution in [2.24, 2.45) is 0 Å². The molecule has 5 nitrogen and oxygen atoms in total. The van der Waals surface area contributed by atoms with Gasteiger partial charge in [0.2, 0.25) is 0 Å². The molecule has 3 rings (SSSR count). The lowest BCUT2D eigenvalue weighted by atomic mass is 9.87. The lowest BCUT2D eigenvalue weighted by Gasteiger charge is -2.28. The number of benzene rings is 1. The van der Waals surface area contributed by atoms with Gasteiger partial charge < -0.3 is 5.32 Å². The van der Waals surface area contributed by atoms with Crippen LogP contribution in [0.5, 0.6) is 0 Å². The van der Waals surface area contributed by atoms with Gasteiger partial charge in [-0.15, -0.1) is 10.2 Å². The summed E-state index contributed by atoms with van der Waals surface area (Å²) in [5.74, 6) is 0.720. The fourth-order valence-electron chi connectivity index (χ4n) is 2.66. The van der Waals surface area contributed by atoms with Crippen molar-refractivity contribution in [1.29, 1.82) is 0 Å². The molecule has 0 fully saturated rings. The van der Waals surface area contributed by atoms with Crippen molar-refractivity contribution in [3.05, 3.63) is 41.2 Å². The molecule has 0 aliphatic heterocycles. The zero-order valence-electron chi connectivity index (χ0n) is 10.4. The van der Waals surface area contributed by atoms with E-state index in [1.54, 1.807) is 0 Å². The van der Waals surface area contributed by atoms with Crippen molar-refractivity contribution in [2.45, 2.75) is 38.3 Å². The third-order valence-electron chi connectivity index (χ3n) is 3.57. The number of rotatable bonds is 3. The van der Waals surface area contributed by atoms with Crippen LogP contribution in [-0.2, 0) is 6.42 Å². The van der Waals surface area contributed by atoms with Crippen molar-refractivity contribution in [3.8, 4) is 0 Å². The van der Waals surface area contributed by atoms with Crippen LogP contribution in [0.15, 0.2) is 24.3 Å². The van der Waals surface area contributed by atoms with Crippen LogP contribution in [0.25, 0.3) is 0 Å². The standard InChI is InChI=1S/C13H17N5/c1-9(13-15-17-18-16-13)14-12-8-4-6-10-5-2-3-7-11(10)12/h2-3,5,7,9,12,14H,4,6,8H2,1H3,(H,15,16,17,18). The van der Waals surface area contributed by atoms with Crippen molar-refractivity contribution >= 4 is 0 Å². The van der Waals surface area contributed by atoms with E-state index in [4.69, 9.17) is 0 Å². The highest BCUT2D eigenvalue weighted by Crippen LogP contribution is 2.30. The van der Waals surface area contributed by atoms with Crippen LogP contribution in [0.4, 0.5) is 0 Å². The molecule has 0 saturated heterocycles. The Hall–Kier alpha value is -1.75. The lowest BCUT2D eigenvalue weighted by Crippen LogP contribution is -2.28. The van der Waals surface area contributed by atoms with E-state index in [2.05, 4.69) is 57.1 Å². The number of hydrogen-bond donors (Lipinski definition) is 2. The summed E-state index contributed by atoms with van der Waals surface area (Å²) in [6.07, 6.45) is 3.58. The average molecular weight is 243 g/mol. The molecule has 2 N–H and O–H groups in total. The minimum Gasteiger partial charge on any atom is -0.300 e. The minimum absolute atomic E-state index is 0.111. The van der Waals surface area contributed by atoms with Crippen LogP contribution >= 0.6 is 0 Å². The first-order valence-corrected chi connectivity index (χ1v) is 6.42. The fourth-order valence-corrected chi connectivity index (χ4v) is 2.66. The second-order valence-corrected chi connectivity index (χ2v) is 4.80. The largest absolute Gasteiger partial charge is 0.300 e. The lowest BCUT2D eigenvalue weighted by molar-refractivity contribution is 0.406. The van der Waals surface area contributed by atoms with Gasteiger partial charge in [-0.1, -0.05) is 29.5 Å². The molecule has 1 aromatic heterocycles. The minimum atomic E-state index is 0.111. The van der Waals surface area contributed by atoms with E-state index < -0.39 is 0 Å².